The third kappa shape index (κ3) is 2.55. The van der Waals surface area contributed by atoms with Crippen molar-refractivity contribution in [2.24, 2.45) is 5.41 Å². The van der Waals surface area contributed by atoms with Gasteiger partial charge in [-0.2, -0.15) is 0 Å². The minimum absolute atomic E-state index is 0.187. The van der Waals surface area contributed by atoms with Crippen molar-refractivity contribution in [2.45, 2.75) is 45.8 Å². The number of benzene rings is 2. The highest BCUT2D eigenvalue weighted by Crippen LogP contribution is 2.43. The Balaban J connectivity index is 2.14. The molecule has 1 heterocycles. The third-order valence-corrected chi connectivity index (χ3v) is 9.62. The van der Waals surface area contributed by atoms with Crippen molar-refractivity contribution in [1.82, 2.24) is 0 Å². The molecule has 2 atom stereocenters. The lowest BCUT2D eigenvalue weighted by molar-refractivity contribution is 0.102. The maximum absolute atomic E-state index is 6.94. The van der Waals surface area contributed by atoms with Gasteiger partial charge >= 0.3 is 0 Å². The molecule has 0 aromatic heterocycles. The lowest BCUT2D eigenvalue weighted by atomic mass is 9.87. The van der Waals surface area contributed by atoms with Gasteiger partial charge < -0.3 is 4.43 Å². The van der Waals surface area contributed by atoms with Gasteiger partial charge in [-0.15, -0.1) is 0 Å². The molecule has 0 radical (unpaired) electrons. The summed E-state index contributed by atoms with van der Waals surface area (Å²) in [6.07, 6.45) is 1.48. The molecule has 116 valence electrons. The Morgan fingerprint density at radius 3 is 1.68 bits per heavy atom. The second-order valence-corrected chi connectivity index (χ2v) is 11.4. The normalized spacial score (nSPS) is 24.4. The molecule has 2 heteroatoms. The summed E-state index contributed by atoms with van der Waals surface area (Å²) < 4.78 is 6.94. The van der Waals surface area contributed by atoms with Gasteiger partial charge in [-0.25, -0.2) is 0 Å². The fourth-order valence-electron chi connectivity index (χ4n) is 3.65. The minimum Gasteiger partial charge on any atom is -0.404 e. The average Bonchev–Trinajstić information content (AvgIpc) is 2.88. The van der Waals surface area contributed by atoms with Crippen molar-refractivity contribution in [2.75, 3.05) is 0 Å². The van der Waals surface area contributed by atoms with Crippen molar-refractivity contribution in [3.05, 3.63) is 60.7 Å². The molecule has 1 nitrogen and oxygen atoms in total. The monoisotopic (exact) mass is 310 g/mol. The van der Waals surface area contributed by atoms with Crippen LogP contribution in [0.4, 0.5) is 0 Å². The topological polar surface area (TPSA) is 9.23 Å². The number of hydrogen-bond donors (Lipinski definition) is 0. The Morgan fingerprint density at radius 1 is 0.864 bits per heavy atom. The molecule has 0 unspecified atom stereocenters. The molecule has 0 aliphatic carbocycles. The summed E-state index contributed by atoms with van der Waals surface area (Å²) in [4.78, 5) is 0. The van der Waals surface area contributed by atoms with E-state index in [-0.39, 0.29) is 5.41 Å². The van der Waals surface area contributed by atoms with E-state index >= 15 is 0 Å². The van der Waals surface area contributed by atoms with Crippen LogP contribution in [0.2, 0.25) is 5.54 Å². The Kier molecular flexibility index (Phi) is 4.00. The molecule has 1 fully saturated rings. The van der Waals surface area contributed by atoms with E-state index in [1.165, 1.54) is 10.4 Å². The molecular weight excluding hydrogens is 284 g/mol. The van der Waals surface area contributed by atoms with E-state index in [0.29, 0.717) is 11.6 Å². The molecule has 22 heavy (non-hydrogen) atoms. The zero-order valence-corrected chi connectivity index (χ0v) is 15.0. The molecule has 0 amide bonds. The van der Waals surface area contributed by atoms with E-state index in [4.69, 9.17) is 4.43 Å². The molecule has 1 aliphatic rings. The number of hydrogen-bond acceptors (Lipinski definition) is 1. The van der Waals surface area contributed by atoms with E-state index in [2.05, 4.69) is 88.4 Å². The van der Waals surface area contributed by atoms with Crippen molar-refractivity contribution in [3.8, 4) is 0 Å². The summed E-state index contributed by atoms with van der Waals surface area (Å²) in [5, 5.41) is 2.81. The Labute approximate surface area is 135 Å². The van der Waals surface area contributed by atoms with Crippen molar-refractivity contribution in [3.63, 3.8) is 0 Å². The molecule has 3 rings (SSSR count). The van der Waals surface area contributed by atoms with Gasteiger partial charge in [-0.05, 0) is 27.8 Å². The van der Waals surface area contributed by atoms with Crippen LogP contribution in [-0.2, 0) is 4.43 Å². The Morgan fingerprint density at radius 2 is 1.32 bits per heavy atom. The van der Waals surface area contributed by atoms with Gasteiger partial charge in [-0.1, -0.05) is 88.4 Å². The van der Waals surface area contributed by atoms with Gasteiger partial charge in [0.15, 0.2) is 0 Å². The fraction of sp³-hybridized carbons (Fsp3) is 0.400. The van der Waals surface area contributed by atoms with Crippen LogP contribution in [0, 0.1) is 5.41 Å². The Bertz CT molecular complexity index is 576. The van der Waals surface area contributed by atoms with Gasteiger partial charge in [0.25, 0.3) is 8.32 Å². The lowest BCUT2D eigenvalue weighted by Crippen LogP contribution is -2.61. The van der Waals surface area contributed by atoms with Crippen LogP contribution in [0.1, 0.15) is 34.1 Å². The maximum Gasteiger partial charge on any atom is 0.259 e. The van der Waals surface area contributed by atoms with Crippen LogP contribution in [0.3, 0.4) is 0 Å². The first-order valence-corrected chi connectivity index (χ1v) is 10.2. The molecule has 0 N–H and O–H groups in total. The molecule has 0 bridgehead atoms. The van der Waals surface area contributed by atoms with Crippen LogP contribution >= 0.6 is 0 Å². The van der Waals surface area contributed by atoms with Gasteiger partial charge in [0.2, 0.25) is 0 Å². The fourth-order valence-corrected chi connectivity index (χ4v) is 8.45. The first-order chi connectivity index (χ1) is 10.4. The second-order valence-electron chi connectivity index (χ2n) is 7.58. The van der Waals surface area contributed by atoms with Crippen LogP contribution in [0.15, 0.2) is 60.7 Å². The highest BCUT2D eigenvalue weighted by Gasteiger charge is 2.54. The molecule has 2 aromatic carbocycles. The quantitative estimate of drug-likeness (QED) is 0.763. The van der Waals surface area contributed by atoms with Gasteiger partial charge in [0, 0.05) is 0 Å². The summed E-state index contributed by atoms with van der Waals surface area (Å²) in [5.74, 6) is 0. The highest BCUT2D eigenvalue weighted by molar-refractivity contribution is 6.98. The largest absolute Gasteiger partial charge is 0.404 e. The zero-order chi connectivity index (χ0) is 15.8. The smallest absolute Gasteiger partial charge is 0.259 e. The lowest BCUT2D eigenvalue weighted by Gasteiger charge is -2.34. The van der Waals surface area contributed by atoms with Crippen molar-refractivity contribution < 1.29 is 4.43 Å². The summed E-state index contributed by atoms with van der Waals surface area (Å²) in [5.41, 5.74) is 0.772. The minimum atomic E-state index is -2.16. The SMILES string of the molecule is C[C@H]1C[C@H](C(C)(C)C)O[Si]1(c1ccccc1)c1ccccc1. The second kappa shape index (κ2) is 5.67. The first-order valence-electron chi connectivity index (χ1n) is 8.23. The molecule has 0 saturated carbocycles. The van der Waals surface area contributed by atoms with Crippen LogP contribution in [-0.4, -0.2) is 14.4 Å². The van der Waals surface area contributed by atoms with E-state index in [1.54, 1.807) is 0 Å². The standard InChI is InChI=1S/C20H26OSi/c1-16-15-19(20(2,3)4)21-22(16,17-11-7-5-8-12-17)18-13-9-6-10-14-18/h5-14,16,19H,15H2,1-4H3/t16-,19+/m0/s1. The molecule has 1 saturated heterocycles. The molecule has 2 aromatic rings. The maximum atomic E-state index is 6.94. The molecular formula is C20H26OSi. The van der Waals surface area contributed by atoms with Gasteiger partial charge in [0.1, 0.15) is 0 Å². The molecule has 1 aliphatic heterocycles. The average molecular weight is 311 g/mol. The number of rotatable bonds is 2. The van der Waals surface area contributed by atoms with Gasteiger partial charge in [0.05, 0.1) is 6.10 Å². The van der Waals surface area contributed by atoms with Crippen LogP contribution in [0.25, 0.3) is 0 Å². The molecule has 0 spiro atoms. The summed E-state index contributed by atoms with van der Waals surface area (Å²) >= 11 is 0. The van der Waals surface area contributed by atoms with E-state index in [9.17, 15) is 0 Å². The van der Waals surface area contributed by atoms with Crippen LogP contribution in [0.5, 0.6) is 0 Å². The summed E-state index contributed by atoms with van der Waals surface area (Å²) in [6, 6.07) is 21.8. The van der Waals surface area contributed by atoms with E-state index in [0.717, 1.165) is 6.42 Å². The Hall–Kier alpha value is -1.38. The van der Waals surface area contributed by atoms with E-state index in [1.807, 2.05) is 0 Å². The zero-order valence-electron chi connectivity index (χ0n) is 14.0. The first kappa shape index (κ1) is 15.5. The van der Waals surface area contributed by atoms with E-state index < -0.39 is 8.32 Å². The summed E-state index contributed by atoms with van der Waals surface area (Å²) in [7, 11) is -2.16. The van der Waals surface area contributed by atoms with Gasteiger partial charge in [-0.3, -0.25) is 0 Å². The van der Waals surface area contributed by atoms with Crippen molar-refractivity contribution in [1.29, 1.82) is 0 Å². The predicted molar refractivity (Wildman–Crippen MR) is 96.3 cm³/mol. The third-order valence-electron chi connectivity index (χ3n) is 4.96. The van der Waals surface area contributed by atoms with Crippen LogP contribution < -0.4 is 10.4 Å². The summed E-state index contributed by atoms with van der Waals surface area (Å²) in [6.45, 7) is 9.28. The predicted octanol–water partition coefficient (Wildman–Crippen LogP) is 3.97. The van der Waals surface area contributed by atoms with Crippen molar-refractivity contribution >= 4 is 18.7 Å². The highest BCUT2D eigenvalue weighted by atomic mass is 28.4.